The van der Waals surface area contributed by atoms with Gasteiger partial charge in [-0.3, -0.25) is 0 Å². The summed E-state index contributed by atoms with van der Waals surface area (Å²) in [6.45, 7) is 0. The zero-order valence-corrected chi connectivity index (χ0v) is 28.6. The summed E-state index contributed by atoms with van der Waals surface area (Å²) in [4.78, 5) is 15.3. The average Bonchev–Trinajstić information content (AvgIpc) is 3.24. The highest BCUT2D eigenvalue weighted by Crippen LogP contribution is 2.33. The first kappa shape index (κ1) is 30.6. The van der Waals surface area contributed by atoms with Crippen LogP contribution < -0.4 is 4.74 Å². The highest BCUT2D eigenvalue weighted by Gasteiger charge is 2.11. The van der Waals surface area contributed by atoms with Gasteiger partial charge in [0.05, 0.1) is 33.6 Å². The number of ether oxygens (including phenoxy) is 1. The van der Waals surface area contributed by atoms with E-state index in [0.717, 1.165) is 83.4 Å². The second-order valence-electron chi connectivity index (χ2n) is 13.3. The van der Waals surface area contributed by atoms with E-state index in [1.165, 1.54) is 16.5 Å². The van der Waals surface area contributed by atoms with Crippen LogP contribution in [0.2, 0.25) is 0 Å². The third-order valence-corrected chi connectivity index (χ3v) is 9.91. The Kier molecular flexibility index (Phi) is 7.43. The van der Waals surface area contributed by atoms with Gasteiger partial charge in [-0.2, -0.15) is 0 Å². The summed E-state index contributed by atoms with van der Waals surface area (Å²) < 4.78 is 6.28. The van der Waals surface area contributed by atoms with Crippen LogP contribution in [0.1, 0.15) is 0 Å². The summed E-state index contributed by atoms with van der Waals surface area (Å²) in [6, 6.07) is 64.8. The molecule has 0 unspecified atom stereocenters. The predicted octanol–water partition coefficient (Wildman–Crippen LogP) is 12.9. The minimum Gasteiger partial charge on any atom is -0.457 e. The van der Waals surface area contributed by atoms with Crippen molar-refractivity contribution in [2.75, 3.05) is 0 Å². The van der Waals surface area contributed by atoms with Gasteiger partial charge in [0.1, 0.15) is 11.5 Å². The fraction of sp³-hybridized carbons (Fsp3) is 0. The molecule has 7 aromatic carbocycles. The minimum atomic E-state index is 0.756. The van der Waals surface area contributed by atoms with Crippen LogP contribution in [0, 0.1) is 0 Å². The van der Waals surface area contributed by atoms with E-state index in [0.29, 0.717) is 0 Å². The van der Waals surface area contributed by atoms with Crippen molar-refractivity contribution in [2.45, 2.75) is 0 Å². The first-order valence-corrected chi connectivity index (χ1v) is 17.8. The smallest absolute Gasteiger partial charge is 0.127 e. The monoisotopic (exact) mass is 677 g/mol. The third-order valence-electron chi connectivity index (χ3n) is 9.91. The quantitative estimate of drug-likeness (QED) is 0.164. The van der Waals surface area contributed by atoms with Gasteiger partial charge in [0, 0.05) is 38.2 Å². The molecule has 0 fully saturated rings. The molecule has 248 valence electrons. The van der Waals surface area contributed by atoms with E-state index >= 15 is 0 Å². The second kappa shape index (κ2) is 12.9. The molecule has 10 rings (SSSR count). The largest absolute Gasteiger partial charge is 0.457 e. The predicted molar refractivity (Wildman–Crippen MR) is 218 cm³/mol. The van der Waals surface area contributed by atoms with E-state index in [1.807, 2.05) is 48.5 Å². The van der Waals surface area contributed by atoms with Crippen LogP contribution >= 0.6 is 0 Å². The molecule has 0 saturated carbocycles. The van der Waals surface area contributed by atoms with Gasteiger partial charge in [0.15, 0.2) is 0 Å². The highest BCUT2D eigenvalue weighted by molar-refractivity contribution is 6.07. The molecule has 0 atom stereocenters. The van der Waals surface area contributed by atoms with Crippen molar-refractivity contribution in [3.05, 3.63) is 188 Å². The van der Waals surface area contributed by atoms with E-state index in [2.05, 4.69) is 140 Å². The number of hydrogen-bond donors (Lipinski definition) is 0. The summed E-state index contributed by atoms with van der Waals surface area (Å²) in [5, 5.41) is 5.58. The second-order valence-corrected chi connectivity index (χ2v) is 13.3. The lowest BCUT2D eigenvalue weighted by Crippen LogP contribution is -1.91. The SMILES string of the molecule is c1ccc(-c2ccc3ccc4ccc(-c5ccc(Oc6ccc(-c7ccc8ccc9ccc(-c%10ccccc%10)nc9c8n7)cc6)cc5)nc4c3c2)cc1. The molecular weight excluding hydrogens is 647 g/mol. The number of pyridine rings is 3. The molecular formula is C49H31N3O. The van der Waals surface area contributed by atoms with Crippen LogP contribution in [0.25, 0.3) is 88.4 Å². The number of hydrogen-bond acceptors (Lipinski definition) is 4. The molecule has 0 spiro atoms. The average molecular weight is 678 g/mol. The number of aromatic nitrogens is 3. The van der Waals surface area contributed by atoms with Gasteiger partial charge in [-0.25, -0.2) is 15.0 Å². The molecule has 0 radical (unpaired) electrons. The molecule has 10 aromatic rings. The van der Waals surface area contributed by atoms with Crippen LogP contribution in [0.4, 0.5) is 0 Å². The van der Waals surface area contributed by atoms with Crippen molar-refractivity contribution in [3.63, 3.8) is 0 Å². The first-order chi connectivity index (χ1) is 26.2. The summed E-state index contributed by atoms with van der Waals surface area (Å²) in [6.07, 6.45) is 0. The van der Waals surface area contributed by atoms with E-state index < -0.39 is 0 Å². The van der Waals surface area contributed by atoms with Crippen molar-refractivity contribution in [2.24, 2.45) is 0 Å². The number of benzene rings is 7. The molecule has 3 heterocycles. The zero-order chi connectivity index (χ0) is 35.1. The Morgan fingerprint density at radius 3 is 1.19 bits per heavy atom. The Morgan fingerprint density at radius 2 is 0.660 bits per heavy atom. The highest BCUT2D eigenvalue weighted by atomic mass is 16.5. The van der Waals surface area contributed by atoms with Crippen LogP contribution in [0.5, 0.6) is 11.5 Å². The molecule has 0 aliphatic heterocycles. The standard InChI is InChI=1S/C49H31N3O/c1-3-7-32(8-4-1)40-16-12-33-11-13-37-21-28-45(50-47(37)43(33)31-40)35-17-24-41(25-18-35)53-42-26-19-36(20-27-42)46-30-23-39-15-14-38-22-29-44(34-9-5-2-6-10-34)51-48(38)49(39)52-46/h1-31H. The summed E-state index contributed by atoms with van der Waals surface area (Å²) in [5.41, 5.74) is 11.1. The lowest BCUT2D eigenvalue weighted by Gasteiger charge is -2.10. The van der Waals surface area contributed by atoms with Crippen molar-refractivity contribution >= 4 is 43.5 Å². The molecule has 0 aliphatic rings. The van der Waals surface area contributed by atoms with E-state index in [-0.39, 0.29) is 0 Å². The van der Waals surface area contributed by atoms with Crippen molar-refractivity contribution in [1.82, 2.24) is 15.0 Å². The summed E-state index contributed by atoms with van der Waals surface area (Å²) >= 11 is 0. The maximum Gasteiger partial charge on any atom is 0.127 e. The van der Waals surface area contributed by atoms with Gasteiger partial charge in [-0.1, -0.05) is 115 Å². The number of nitrogens with zero attached hydrogens (tertiary/aromatic N) is 3. The summed E-state index contributed by atoms with van der Waals surface area (Å²) in [7, 11) is 0. The van der Waals surface area contributed by atoms with Crippen LogP contribution in [0.3, 0.4) is 0 Å². The fourth-order valence-corrected chi connectivity index (χ4v) is 7.10. The Labute approximate surface area is 306 Å². The van der Waals surface area contributed by atoms with E-state index in [9.17, 15) is 0 Å². The number of rotatable bonds is 6. The van der Waals surface area contributed by atoms with Crippen molar-refractivity contribution in [1.29, 1.82) is 0 Å². The van der Waals surface area contributed by atoms with Crippen LogP contribution in [0.15, 0.2) is 188 Å². The van der Waals surface area contributed by atoms with Crippen molar-refractivity contribution in [3.8, 4) is 56.4 Å². The van der Waals surface area contributed by atoms with Gasteiger partial charge < -0.3 is 4.74 Å². The topological polar surface area (TPSA) is 47.9 Å². The molecule has 3 aromatic heterocycles. The Balaban J connectivity index is 0.903. The normalized spacial score (nSPS) is 11.4. The molecule has 0 saturated heterocycles. The molecule has 0 amide bonds. The molecule has 0 bridgehead atoms. The van der Waals surface area contributed by atoms with Gasteiger partial charge in [-0.05, 0) is 89.3 Å². The molecule has 4 heteroatoms. The minimum absolute atomic E-state index is 0.756. The fourth-order valence-electron chi connectivity index (χ4n) is 7.10. The third kappa shape index (κ3) is 5.82. The zero-order valence-electron chi connectivity index (χ0n) is 28.6. The van der Waals surface area contributed by atoms with Crippen LogP contribution in [-0.4, -0.2) is 15.0 Å². The van der Waals surface area contributed by atoms with Gasteiger partial charge in [-0.15, -0.1) is 0 Å². The molecule has 53 heavy (non-hydrogen) atoms. The van der Waals surface area contributed by atoms with Crippen molar-refractivity contribution < 1.29 is 4.74 Å². The van der Waals surface area contributed by atoms with Gasteiger partial charge >= 0.3 is 0 Å². The molecule has 0 N–H and O–H groups in total. The van der Waals surface area contributed by atoms with Gasteiger partial charge in [0.25, 0.3) is 0 Å². The van der Waals surface area contributed by atoms with Gasteiger partial charge in [0.2, 0.25) is 0 Å². The molecule has 0 aliphatic carbocycles. The Bertz CT molecular complexity index is 2740. The van der Waals surface area contributed by atoms with E-state index in [4.69, 9.17) is 19.7 Å². The molecule has 4 nitrogen and oxygen atoms in total. The summed E-state index contributed by atoms with van der Waals surface area (Å²) in [5.74, 6) is 1.52. The lowest BCUT2D eigenvalue weighted by molar-refractivity contribution is 0.483. The van der Waals surface area contributed by atoms with Crippen LogP contribution in [-0.2, 0) is 0 Å². The maximum absolute atomic E-state index is 6.28. The van der Waals surface area contributed by atoms with E-state index in [1.54, 1.807) is 0 Å². The Morgan fingerprint density at radius 1 is 0.283 bits per heavy atom. The lowest BCUT2D eigenvalue weighted by atomic mass is 9.99. The maximum atomic E-state index is 6.28. The Hall–Kier alpha value is -7.17. The number of fused-ring (bicyclic) bond motifs is 6. The first-order valence-electron chi connectivity index (χ1n) is 17.8.